The average Bonchev–Trinajstić information content (AvgIpc) is 2.46. The van der Waals surface area contributed by atoms with E-state index < -0.39 is 0 Å². The molecule has 0 spiro atoms. The van der Waals surface area contributed by atoms with E-state index in [0.717, 1.165) is 26.0 Å². The van der Waals surface area contributed by atoms with Gasteiger partial charge in [-0.05, 0) is 36.3 Å². The van der Waals surface area contributed by atoms with E-state index in [4.69, 9.17) is 4.74 Å². The Morgan fingerprint density at radius 3 is 2.65 bits per heavy atom. The lowest BCUT2D eigenvalue weighted by molar-refractivity contribution is -0.00342. The monoisotopic (exact) mass is 275 g/mol. The molecule has 0 radical (unpaired) electrons. The van der Waals surface area contributed by atoms with Gasteiger partial charge >= 0.3 is 0 Å². The summed E-state index contributed by atoms with van der Waals surface area (Å²) in [7, 11) is 0. The zero-order chi connectivity index (χ0) is 14.4. The Balaban J connectivity index is 1.79. The van der Waals surface area contributed by atoms with Crippen LogP contribution in [-0.2, 0) is 11.3 Å². The van der Waals surface area contributed by atoms with E-state index in [1.807, 2.05) is 0 Å². The van der Waals surface area contributed by atoms with Crippen LogP contribution in [0.15, 0.2) is 24.3 Å². The van der Waals surface area contributed by atoms with Crippen LogP contribution in [0.5, 0.6) is 0 Å². The highest BCUT2D eigenvalue weighted by Crippen LogP contribution is 2.19. The lowest BCUT2D eigenvalue weighted by Crippen LogP contribution is -2.38. The van der Waals surface area contributed by atoms with Crippen LogP contribution < -0.4 is 5.32 Å². The van der Waals surface area contributed by atoms with Crippen LogP contribution in [0.4, 0.5) is 0 Å². The van der Waals surface area contributed by atoms with E-state index in [1.54, 1.807) is 0 Å². The topological polar surface area (TPSA) is 21.3 Å². The minimum Gasteiger partial charge on any atom is -0.378 e. The molecule has 2 atom stereocenters. The van der Waals surface area contributed by atoms with Gasteiger partial charge in [-0.15, -0.1) is 0 Å². The van der Waals surface area contributed by atoms with Gasteiger partial charge in [0.1, 0.15) is 0 Å². The molecule has 1 fully saturated rings. The highest BCUT2D eigenvalue weighted by molar-refractivity contribution is 5.24. The molecule has 20 heavy (non-hydrogen) atoms. The van der Waals surface area contributed by atoms with Crippen molar-refractivity contribution >= 4 is 0 Å². The average molecular weight is 275 g/mol. The summed E-state index contributed by atoms with van der Waals surface area (Å²) in [5, 5.41) is 3.69. The van der Waals surface area contributed by atoms with E-state index >= 15 is 0 Å². The molecule has 1 aromatic carbocycles. The molecule has 2 heteroatoms. The first kappa shape index (κ1) is 15.5. The van der Waals surface area contributed by atoms with E-state index in [9.17, 15) is 0 Å². The fourth-order valence-corrected chi connectivity index (χ4v) is 2.87. The van der Waals surface area contributed by atoms with Crippen LogP contribution in [0, 0.1) is 0 Å². The Labute approximate surface area is 123 Å². The summed E-state index contributed by atoms with van der Waals surface area (Å²) in [5.74, 6) is 0.613. The summed E-state index contributed by atoms with van der Waals surface area (Å²) in [6, 6.07) is 9.64. The minimum absolute atomic E-state index is 0.467. The molecule has 1 heterocycles. The lowest BCUT2D eigenvalue weighted by atomic mass is 9.99. The maximum absolute atomic E-state index is 5.80. The number of nitrogens with one attached hydrogen (secondary N) is 1. The molecule has 1 aliphatic rings. The fourth-order valence-electron chi connectivity index (χ4n) is 2.87. The summed E-state index contributed by atoms with van der Waals surface area (Å²) in [5.41, 5.74) is 2.80. The van der Waals surface area contributed by atoms with Gasteiger partial charge < -0.3 is 10.1 Å². The molecule has 0 saturated carbocycles. The maximum atomic E-state index is 5.80. The second-order valence-corrected chi connectivity index (χ2v) is 6.28. The van der Waals surface area contributed by atoms with Crippen LogP contribution in [0.3, 0.4) is 0 Å². The Bertz CT molecular complexity index is 383. The summed E-state index contributed by atoms with van der Waals surface area (Å²) >= 11 is 0. The van der Waals surface area contributed by atoms with Crippen LogP contribution in [0.1, 0.15) is 63.5 Å². The molecule has 2 nitrogen and oxygen atoms in total. The molecule has 1 aromatic rings. The van der Waals surface area contributed by atoms with Crippen LogP contribution in [-0.4, -0.2) is 18.8 Å². The largest absolute Gasteiger partial charge is 0.378 e. The molecule has 2 rings (SSSR count). The van der Waals surface area contributed by atoms with Crippen molar-refractivity contribution in [3.05, 3.63) is 35.4 Å². The van der Waals surface area contributed by atoms with Gasteiger partial charge in [0.15, 0.2) is 0 Å². The second kappa shape index (κ2) is 7.80. The van der Waals surface area contributed by atoms with Crippen molar-refractivity contribution in [2.24, 2.45) is 0 Å². The van der Waals surface area contributed by atoms with Crippen molar-refractivity contribution in [3.63, 3.8) is 0 Å². The van der Waals surface area contributed by atoms with Crippen LogP contribution in [0.25, 0.3) is 0 Å². The standard InChI is InChI=1S/C18H29NO/c1-4-5-18-12-17(10-11-20-18)19-13-15-6-8-16(9-7-15)14(2)3/h6-9,14,17-19H,4-5,10-13H2,1-3H3. The minimum atomic E-state index is 0.467. The first-order valence-corrected chi connectivity index (χ1v) is 8.13. The molecular formula is C18H29NO. The van der Waals surface area contributed by atoms with Gasteiger partial charge in [0.2, 0.25) is 0 Å². The van der Waals surface area contributed by atoms with Crippen molar-refractivity contribution in [1.29, 1.82) is 0 Å². The highest BCUT2D eigenvalue weighted by Gasteiger charge is 2.21. The first-order valence-electron chi connectivity index (χ1n) is 8.13. The Kier molecular flexibility index (Phi) is 6.06. The summed E-state index contributed by atoms with van der Waals surface area (Å²) in [4.78, 5) is 0. The summed E-state index contributed by atoms with van der Waals surface area (Å²) in [6.45, 7) is 8.60. The SMILES string of the molecule is CCCC1CC(NCc2ccc(C(C)C)cc2)CCO1. The predicted octanol–water partition coefficient (Wildman–Crippen LogP) is 4.25. The predicted molar refractivity (Wildman–Crippen MR) is 85.0 cm³/mol. The third-order valence-electron chi connectivity index (χ3n) is 4.22. The number of hydrogen-bond acceptors (Lipinski definition) is 2. The van der Waals surface area contributed by atoms with Crippen molar-refractivity contribution in [2.75, 3.05) is 6.61 Å². The van der Waals surface area contributed by atoms with Crippen molar-refractivity contribution in [1.82, 2.24) is 5.32 Å². The third-order valence-corrected chi connectivity index (χ3v) is 4.22. The normalized spacial score (nSPS) is 23.2. The molecule has 0 aliphatic carbocycles. The van der Waals surface area contributed by atoms with Gasteiger partial charge in [0.05, 0.1) is 6.10 Å². The quantitative estimate of drug-likeness (QED) is 0.838. The maximum Gasteiger partial charge on any atom is 0.0589 e. The van der Waals surface area contributed by atoms with Gasteiger partial charge in [-0.25, -0.2) is 0 Å². The molecule has 112 valence electrons. The summed E-state index contributed by atoms with van der Waals surface area (Å²) < 4.78 is 5.80. The van der Waals surface area contributed by atoms with Crippen molar-refractivity contribution in [2.45, 2.75) is 71.1 Å². The van der Waals surface area contributed by atoms with Gasteiger partial charge in [0.25, 0.3) is 0 Å². The van der Waals surface area contributed by atoms with E-state index in [1.165, 1.54) is 24.0 Å². The zero-order valence-corrected chi connectivity index (χ0v) is 13.2. The Morgan fingerprint density at radius 1 is 1.25 bits per heavy atom. The first-order chi connectivity index (χ1) is 9.69. The molecule has 0 aromatic heterocycles. The van der Waals surface area contributed by atoms with Crippen LogP contribution in [0.2, 0.25) is 0 Å². The number of hydrogen-bond donors (Lipinski definition) is 1. The number of benzene rings is 1. The smallest absolute Gasteiger partial charge is 0.0589 e. The molecule has 2 unspecified atom stereocenters. The third kappa shape index (κ3) is 4.60. The van der Waals surface area contributed by atoms with Gasteiger partial charge in [0, 0.05) is 19.2 Å². The molecule has 1 saturated heterocycles. The number of ether oxygens (including phenoxy) is 1. The van der Waals surface area contributed by atoms with Gasteiger partial charge in [-0.3, -0.25) is 0 Å². The highest BCUT2D eigenvalue weighted by atomic mass is 16.5. The van der Waals surface area contributed by atoms with E-state index in [0.29, 0.717) is 18.1 Å². The van der Waals surface area contributed by atoms with Crippen LogP contribution >= 0.6 is 0 Å². The second-order valence-electron chi connectivity index (χ2n) is 6.28. The lowest BCUT2D eigenvalue weighted by Gasteiger charge is -2.30. The summed E-state index contributed by atoms with van der Waals surface area (Å²) in [6.07, 6.45) is 5.19. The zero-order valence-electron chi connectivity index (χ0n) is 13.2. The fraction of sp³-hybridized carbons (Fsp3) is 0.667. The Morgan fingerprint density at radius 2 is 2.00 bits per heavy atom. The van der Waals surface area contributed by atoms with Crippen molar-refractivity contribution < 1.29 is 4.74 Å². The van der Waals surface area contributed by atoms with Crippen molar-refractivity contribution in [3.8, 4) is 0 Å². The molecule has 0 amide bonds. The van der Waals surface area contributed by atoms with Gasteiger partial charge in [-0.2, -0.15) is 0 Å². The Hall–Kier alpha value is -0.860. The molecule has 1 aliphatic heterocycles. The molecular weight excluding hydrogens is 246 g/mol. The molecule has 0 bridgehead atoms. The van der Waals surface area contributed by atoms with E-state index in [-0.39, 0.29) is 0 Å². The van der Waals surface area contributed by atoms with Gasteiger partial charge in [-0.1, -0.05) is 51.5 Å². The number of rotatable bonds is 6. The molecule has 1 N–H and O–H groups in total. The van der Waals surface area contributed by atoms with E-state index in [2.05, 4.69) is 50.4 Å².